The van der Waals surface area contributed by atoms with Crippen molar-refractivity contribution in [2.24, 2.45) is 4.99 Å². The molecule has 0 heterocycles. The number of methoxy groups -OCH3 is 1. The Morgan fingerprint density at radius 1 is 1.32 bits per heavy atom. The second-order valence-electron chi connectivity index (χ2n) is 5.56. The zero-order valence-electron chi connectivity index (χ0n) is 14.3. The van der Waals surface area contributed by atoms with E-state index in [9.17, 15) is 0 Å². The monoisotopic (exact) mass is 437 g/mol. The van der Waals surface area contributed by atoms with Gasteiger partial charge in [-0.15, -0.1) is 35.7 Å². The molecule has 0 bridgehead atoms. The highest BCUT2D eigenvalue weighted by Gasteiger charge is 2.16. The van der Waals surface area contributed by atoms with Crippen LogP contribution in [-0.4, -0.2) is 38.5 Å². The fourth-order valence-corrected chi connectivity index (χ4v) is 2.47. The number of aryl methyl sites for hydroxylation is 1. The topological polar surface area (TPSA) is 45.7 Å². The molecule has 0 radical (unpaired) electrons. The van der Waals surface area contributed by atoms with E-state index in [1.165, 1.54) is 16.0 Å². The van der Waals surface area contributed by atoms with Crippen molar-refractivity contribution < 1.29 is 4.74 Å². The molecule has 0 unspecified atom stereocenters. The van der Waals surface area contributed by atoms with Crippen molar-refractivity contribution in [1.82, 2.24) is 10.6 Å². The van der Waals surface area contributed by atoms with Crippen LogP contribution in [0.3, 0.4) is 0 Å². The van der Waals surface area contributed by atoms with Crippen molar-refractivity contribution in [3.63, 3.8) is 0 Å². The quantitative estimate of drug-likeness (QED) is 0.310. The van der Waals surface area contributed by atoms with Crippen LogP contribution in [-0.2, 0) is 11.3 Å². The third-order valence-corrected chi connectivity index (χ3v) is 4.17. The van der Waals surface area contributed by atoms with Crippen LogP contribution in [0, 0.1) is 6.92 Å². The van der Waals surface area contributed by atoms with Gasteiger partial charge in [-0.3, -0.25) is 4.99 Å². The summed E-state index contributed by atoms with van der Waals surface area (Å²) in [5, 5.41) is 6.63. The van der Waals surface area contributed by atoms with Crippen LogP contribution in [0.4, 0.5) is 0 Å². The highest BCUT2D eigenvalue weighted by Crippen LogP contribution is 2.21. The van der Waals surface area contributed by atoms with Gasteiger partial charge in [-0.05, 0) is 44.2 Å². The predicted molar refractivity (Wildman–Crippen MR) is 108 cm³/mol. The average molecular weight is 437 g/mol. The van der Waals surface area contributed by atoms with Crippen molar-refractivity contribution in [2.45, 2.75) is 37.8 Å². The van der Waals surface area contributed by atoms with E-state index in [1.807, 2.05) is 13.8 Å². The van der Waals surface area contributed by atoms with Crippen LogP contribution in [0.1, 0.15) is 25.0 Å². The van der Waals surface area contributed by atoms with Crippen molar-refractivity contribution in [3.8, 4) is 0 Å². The fraction of sp³-hybridized carbons (Fsp3) is 0.562. The van der Waals surface area contributed by atoms with E-state index in [2.05, 4.69) is 47.0 Å². The molecule has 1 aromatic carbocycles. The van der Waals surface area contributed by atoms with E-state index in [1.54, 1.807) is 25.9 Å². The minimum Gasteiger partial charge on any atom is -0.377 e. The lowest BCUT2D eigenvalue weighted by atomic mass is 10.1. The zero-order chi connectivity index (χ0) is 15.9. The minimum atomic E-state index is -0.216. The molecule has 0 amide bonds. The molecule has 0 saturated carbocycles. The maximum absolute atomic E-state index is 5.40. The molecular formula is C16H28IN3OS. The van der Waals surface area contributed by atoms with E-state index in [4.69, 9.17) is 4.74 Å². The molecule has 0 fully saturated rings. The molecule has 126 valence electrons. The van der Waals surface area contributed by atoms with Gasteiger partial charge in [-0.2, -0.15) is 0 Å². The van der Waals surface area contributed by atoms with E-state index in [0.29, 0.717) is 6.54 Å². The van der Waals surface area contributed by atoms with Crippen LogP contribution in [0.5, 0.6) is 0 Å². The van der Waals surface area contributed by atoms with Crippen molar-refractivity contribution in [3.05, 3.63) is 29.3 Å². The molecule has 1 aromatic rings. The Bertz CT molecular complexity index is 492. The Morgan fingerprint density at radius 3 is 2.55 bits per heavy atom. The highest BCUT2D eigenvalue weighted by atomic mass is 127. The maximum Gasteiger partial charge on any atom is 0.191 e. The third kappa shape index (κ3) is 7.19. The molecule has 0 aliphatic heterocycles. The summed E-state index contributed by atoms with van der Waals surface area (Å²) in [6, 6.07) is 6.52. The van der Waals surface area contributed by atoms with E-state index in [-0.39, 0.29) is 29.6 Å². The van der Waals surface area contributed by atoms with Crippen molar-refractivity contribution in [2.75, 3.05) is 27.0 Å². The number of guanidine groups is 1. The number of halogens is 1. The molecule has 0 saturated heterocycles. The number of nitrogens with one attached hydrogen (secondary N) is 2. The Labute approximate surface area is 155 Å². The summed E-state index contributed by atoms with van der Waals surface area (Å²) in [5.74, 6) is 0.785. The molecule has 4 nitrogen and oxygen atoms in total. The lowest BCUT2D eigenvalue weighted by molar-refractivity contribution is 0.0268. The second-order valence-corrected chi connectivity index (χ2v) is 6.41. The fourth-order valence-electron chi connectivity index (χ4n) is 1.77. The van der Waals surface area contributed by atoms with Gasteiger partial charge in [0.2, 0.25) is 0 Å². The van der Waals surface area contributed by atoms with Gasteiger partial charge < -0.3 is 15.4 Å². The molecule has 22 heavy (non-hydrogen) atoms. The molecule has 0 atom stereocenters. The van der Waals surface area contributed by atoms with Crippen LogP contribution < -0.4 is 10.6 Å². The van der Waals surface area contributed by atoms with Gasteiger partial charge in [0.1, 0.15) is 0 Å². The predicted octanol–water partition coefficient (Wildman–Crippen LogP) is 3.42. The van der Waals surface area contributed by atoms with Gasteiger partial charge in [0.05, 0.1) is 5.60 Å². The molecule has 0 aliphatic rings. The number of hydrogen-bond acceptors (Lipinski definition) is 3. The van der Waals surface area contributed by atoms with Gasteiger partial charge in [-0.25, -0.2) is 0 Å². The SMILES string of the molecule is CN=C(NCc1ccc(C)cc1SC)NCC(C)(C)OC.I. The number of hydrogen-bond donors (Lipinski definition) is 2. The van der Waals surface area contributed by atoms with Crippen LogP contribution in [0.15, 0.2) is 28.1 Å². The Hall–Kier alpha value is -0.470. The highest BCUT2D eigenvalue weighted by molar-refractivity contribution is 14.0. The normalized spacial score (nSPS) is 11.8. The van der Waals surface area contributed by atoms with Crippen LogP contribution in [0.25, 0.3) is 0 Å². The summed E-state index contributed by atoms with van der Waals surface area (Å²) in [5.41, 5.74) is 2.35. The first-order chi connectivity index (χ1) is 9.91. The first kappa shape index (κ1) is 21.5. The van der Waals surface area contributed by atoms with Gasteiger partial charge in [0.15, 0.2) is 5.96 Å². The molecule has 2 N–H and O–H groups in total. The standard InChI is InChI=1S/C16H27N3OS.HI/c1-12-7-8-13(14(9-12)21-6)10-18-15(17-4)19-11-16(2,3)20-5;/h7-9H,10-11H2,1-6H3,(H2,17,18,19);1H. The molecule has 0 aromatic heterocycles. The Morgan fingerprint density at radius 2 is 2.00 bits per heavy atom. The van der Waals surface area contributed by atoms with Gasteiger partial charge in [0, 0.05) is 32.1 Å². The number of rotatable bonds is 6. The molecule has 0 spiro atoms. The summed E-state index contributed by atoms with van der Waals surface area (Å²) in [7, 11) is 3.49. The summed E-state index contributed by atoms with van der Waals surface area (Å²) < 4.78 is 5.40. The Balaban J connectivity index is 0.00000441. The summed E-state index contributed by atoms with van der Waals surface area (Å²) in [4.78, 5) is 5.55. The largest absolute Gasteiger partial charge is 0.377 e. The maximum atomic E-state index is 5.40. The average Bonchev–Trinajstić information content (AvgIpc) is 2.48. The second kappa shape index (κ2) is 10.3. The van der Waals surface area contributed by atoms with Crippen LogP contribution in [0.2, 0.25) is 0 Å². The molecular weight excluding hydrogens is 409 g/mol. The third-order valence-electron chi connectivity index (χ3n) is 3.35. The molecule has 6 heteroatoms. The first-order valence-corrected chi connectivity index (χ1v) is 8.27. The number of nitrogens with zero attached hydrogens (tertiary/aromatic N) is 1. The molecule has 0 aliphatic carbocycles. The minimum absolute atomic E-state index is 0. The summed E-state index contributed by atoms with van der Waals surface area (Å²) >= 11 is 1.77. The lowest BCUT2D eigenvalue weighted by Crippen LogP contribution is -2.45. The number of benzene rings is 1. The van der Waals surface area contributed by atoms with E-state index >= 15 is 0 Å². The number of aliphatic imine (C=N–C) groups is 1. The van der Waals surface area contributed by atoms with E-state index < -0.39 is 0 Å². The van der Waals surface area contributed by atoms with Crippen molar-refractivity contribution >= 4 is 41.7 Å². The van der Waals surface area contributed by atoms with Gasteiger partial charge >= 0.3 is 0 Å². The van der Waals surface area contributed by atoms with Crippen LogP contribution >= 0.6 is 35.7 Å². The van der Waals surface area contributed by atoms with Gasteiger partial charge in [-0.1, -0.05) is 12.1 Å². The summed E-state index contributed by atoms with van der Waals surface area (Å²) in [6.45, 7) is 7.65. The van der Waals surface area contributed by atoms with Crippen molar-refractivity contribution in [1.29, 1.82) is 0 Å². The number of ether oxygens (including phenoxy) is 1. The lowest BCUT2D eigenvalue weighted by Gasteiger charge is -2.24. The Kier molecular flexibility index (Phi) is 10.1. The molecule has 1 rings (SSSR count). The number of thioether (sulfide) groups is 1. The summed E-state index contributed by atoms with van der Waals surface area (Å²) in [6.07, 6.45) is 2.10. The van der Waals surface area contributed by atoms with E-state index in [0.717, 1.165) is 12.5 Å². The first-order valence-electron chi connectivity index (χ1n) is 7.05. The smallest absolute Gasteiger partial charge is 0.191 e. The zero-order valence-corrected chi connectivity index (χ0v) is 17.5. The van der Waals surface area contributed by atoms with Gasteiger partial charge in [0.25, 0.3) is 0 Å².